The number of thiazole rings is 1. The van der Waals surface area contributed by atoms with Gasteiger partial charge >= 0.3 is 0 Å². The monoisotopic (exact) mass is 286 g/mol. The van der Waals surface area contributed by atoms with Crippen LogP contribution in [0.15, 0.2) is 10.4 Å². The zero-order chi connectivity index (χ0) is 14.1. The van der Waals surface area contributed by atoms with Gasteiger partial charge in [-0.25, -0.2) is 9.98 Å². The third kappa shape index (κ3) is 6.00. The Morgan fingerprint density at radius 1 is 1.47 bits per heavy atom. The molecule has 0 fully saturated rings. The highest BCUT2D eigenvalue weighted by Gasteiger charge is 2.05. The van der Waals surface area contributed by atoms with Crippen LogP contribution in [0.3, 0.4) is 0 Å². The molecule has 0 saturated carbocycles. The normalized spacial score (nSPS) is 11.9. The minimum atomic E-state index is -0.309. The summed E-state index contributed by atoms with van der Waals surface area (Å²) in [7, 11) is 0. The first-order valence-electron chi connectivity index (χ1n) is 6.69. The number of hydrogen-bond donors (Lipinski definition) is 2. The highest BCUT2D eigenvalue weighted by Crippen LogP contribution is 2.18. The number of aromatic nitrogens is 1. The Balaban J connectivity index is 2.52. The van der Waals surface area contributed by atoms with Crippen LogP contribution < -0.4 is 10.6 Å². The minimum Gasteiger partial charge on any atom is -0.357 e. The third-order valence-electron chi connectivity index (χ3n) is 2.48. The van der Waals surface area contributed by atoms with E-state index in [1.807, 2.05) is 6.92 Å². The summed E-state index contributed by atoms with van der Waals surface area (Å²) in [6.07, 6.45) is 0.499. The molecular formula is C13H23FN4S. The predicted octanol–water partition coefficient (Wildman–Crippen LogP) is 2.68. The Hall–Kier alpha value is -1.17. The van der Waals surface area contributed by atoms with Gasteiger partial charge in [0.25, 0.3) is 0 Å². The molecule has 4 nitrogen and oxygen atoms in total. The summed E-state index contributed by atoms with van der Waals surface area (Å²) < 4.78 is 12.0. The van der Waals surface area contributed by atoms with Crippen molar-refractivity contribution in [2.75, 3.05) is 19.8 Å². The van der Waals surface area contributed by atoms with Crippen LogP contribution in [0.25, 0.3) is 0 Å². The van der Waals surface area contributed by atoms with Gasteiger partial charge in [-0.3, -0.25) is 4.39 Å². The molecule has 1 aromatic heterocycles. The van der Waals surface area contributed by atoms with Gasteiger partial charge in [0.1, 0.15) is 5.01 Å². The van der Waals surface area contributed by atoms with Crippen LogP contribution >= 0.6 is 11.3 Å². The maximum absolute atomic E-state index is 12.0. The van der Waals surface area contributed by atoms with Crippen molar-refractivity contribution in [3.63, 3.8) is 0 Å². The molecule has 1 rings (SSSR count). The highest BCUT2D eigenvalue weighted by molar-refractivity contribution is 7.09. The van der Waals surface area contributed by atoms with Crippen LogP contribution in [-0.2, 0) is 6.54 Å². The van der Waals surface area contributed by atoms with Crippen LogP contribution in [0.2, 0.25) is 0 Å². The standard InChI is InChI=1S/C13H23FN4S/c1-4-15-13(16-7-5-6-14)17-8-12-18-11(9-19-12)10(2)3/h9-10H,4-8H2,1-3H3,(H2,15,16,17). The van der Waals surface area contributed by atoms with Crippen molar-refractivity contribution in [3.8, 4) is 0 Å². The summed E-state index contributed by atoms with van der Waals surface area (Å²) >= 11 is 1.63. The van der Waals surface area contributed by atoms with Crippen LogP contribution in [0.4, 0.5) is 4.39 Å². The largest absolute Gasteiger partial charge is 0.357 e. The topological polar surface area (TPSA) is 49.3 Å². The highest BCUT2D eigenvalue weighted by atomic mass is 32.1. The Bertz CT molecular complexity index is 390. The van der Waals surface area contributed by atoms with Crippen molar-refractivity contribution in [2.24, 2.45) is 4.99 Å². The molecule has 0 spiro atoms. The van der Waals surface area contributed by atoms with Gasteiger partial charge < -0.3 is 10.6 Å². The Morgan fingerprint density at radius 3 is 2.84 bits per heavy atom. The fourth-order valence-electron chi connectivity index (χ4n) is 1.42. The molecule has 19 heavy (non-hydrogen) atoms. The van der Waals surface area contributed by atoms with Gasteiger partial charge in [-0.15, -0.1) is 11.3 Å². The Morgan fingerprint density at radius 2 is 2.26 bits per heavy atom. The molecule has 0 aromatic carbocycles. The number of guanidine groups is 1. The van der Waals surface area contributed by atoms with E-state index in [1.54, 1.807) is 11.3 Å². The molecule has 0 saturated heterocycles. The molecule has 1 heterocycles. The van der Waals surface area contributed by atoms with Crippen LogP contribution in [-0.4, -0.2) is 30.7 Å². The van der Waals surface area contributed by atoms with Gasteiger partial charge in [0, 0.05) is 18.5 Å². The van der Waals surface area contributed by atoms with Gasteiger partial charge in [0.15, 0.2) is 5.96 Å². The number of halogens is 1. The predicted molar refractivity (Wildman–Crippen MR) is 79.6 cm³/mol. The number of aliphatic imine (C=N–C) groups is 1. The second-order valence-corrected chi connectivity index (χ2v) is 5.43. The number of hydrogen-bond acceptors (Lipinski definition) is 3. The lowest BCUT2D eigenvalue weighted by molar-refractivity contribution is 0.470. The zero-order valence-corrected chi connectivity index (χ0v) is 12.7. The summed E-state index contributed by atoms with van der Waals surface area (Å²) in [5, 5.41) is 9.32. The summed E-state index contributed by atoms with van der Waals surface area (Å²) in [5.74, 6) is 1.17. The van der Waals surface area contributed by atoms with E-state index in [0.717, 1.165) is 23.2 Å². The molecule has 2 N–H and O–H groups in total. The van der Waals surface area contributed by atoms with Crippen molar-refractivity contribution in [3.05, 3.63) is 16.1 Å². The molecule has 0 unspecified atom stereocenters. The van der Waals surface area contributed by atoms with Gasteiger partial charge in [-0.1, -0.05) is 13.8 Å². The minimum absolute atomic E-state index is 0.309. The first kappa shape index (κ1) is 15.9. The second-order valence-electron chi connectivity index (χ2n) is 4.49. The first-order chi connectivity index (χ1) is 9.17. The molecule has 0 radical (unpaired) electrons. The zero-order valence-electron chi connectivity index (χ0n) is 11.9. The number of nitrogens with one attached hydrogen (secondary N) is 2. The molecule has 0 bridgehead atoms. The quantitative estimate of drug-likeness (QED) is 0.460. The lowest BCUT2D eigenvalue weighted by Crippen LogP contribution is -2.37. The molecular weight excluding hydrogens is 263 g/mol. The van der Waals surface area contributed by atoms with Crippen molar-refractivity contribution in [2.45, 2.75) is 39.7 Å². The average molecular weight is 286 g/mol. The van der Waals surface area contributed by atoms with Crippen molar-refractivity contribution >= 4 is 17.3 Å². The maximum atomic E-state index is 12.0. The lowest BCUT2D eigenvalue weighted by Gasteiger charge is -2.09. The van der Waals surface area contributed by atoms with E-state index >= 15 is 0 Å². The van der Waals surface area contributed by atoms with E-state index in [2.05, 4.69) is 39.8 Å². The van der Waals surface area contributed by atoms with E-state index < -0.39 is 0 Å². The molecule has 0 aliphatic rings. The number of rotatable bonds is 7. The Kier molecular flexibility index (Phi) is 7.40. The van der Waals surface area contributed by atoms with Gasteiger partial charge in [-0.2, -0.15) is 0 Å². The third-order valence-corrected chi connectivity index (χ3v) is 3.33. The molecule has 0 aliphatic heterocycles. The summed E-state index contributed by atoms with van der Waals surface area (Å²) in [6.45, 7) is 7.90. The summed E-state index contributed by atoms with van der Waals surface area (Å²) in [6, 6.07) is 0. The fourth-order valence-corrected chi connectivity index (χ4v) is 2.30. The molecule has 1 aromatic rings. The molecule has 0 aliphatic carbocycles. The fraction of sp³-hybridized carbons (Fsp3) is 0.692. The smallest absolute Gasteiger partial charge is 0.191 e. The van der Waals surface area contributed by atoms with E-state index in [0.29, 0.717) is 25.4 Å². The number of nitrogens with zero attached hydrogens (tertiary/aromatic N) is 2. The summed E-state index contributed by atoms with van der Waals surface area (Å²) in [5.41, 5.74) is 1.12. The first-order valence-corrected chi connectivity index (χ1v) is 7.57. The van der Waals surface area contributed by atoms with Gasteiger partial charge in [0.2, 0.25) is 0 Å². The number of alkyl halides is 1. The SMILES string of the molecule is CCNC(=NCc1nc(C(C)C)cs1)NCCCF. The Labute approximate surface area is 118 Å². The average Bonchev–Trinajstić information content (AvgIpc) is 2.85. The van der Waals surface area contributed by atoms with Gasteiger partial charge in [-0.05, 0) is 19.3 Å². The van der Waals surface area contributed by atoms with E-state index in [1.165, 1.54) is 0 Å². The van der Waals surface area contributed by atoms with Crippen molar-refractivity contribution in [1.29, 1.82) is 0 Å². The van der Waals surface area contributed by atoms with Crippen molar-refractivity contribution < 1.29 is 4.39 Å². The molecule has 0 amide bonds. The molecule has 0 atom stereocenters. The molecule has 6 heteroatoms. The van der Waals surface area contributed by atoms with Crippen LogP contribution in [0.1, 0.15) is 43.8 Å². The summed E-state index contributed by atoms with van der Waals surface area (Å²) in [4.78, 5) is 8.98. The second kappa shape index (κ2) is 8.85. The van der Waals surface area contributed by atoms with E-state index in [-0.39, 0.29) is 6.67 Å². The van der Waals surface area contributed by atoms with E-state index in [4.69, 9.17) is 0 Å². The van der Waals surface area contributed by atoms with Crippen molar-refractivity contribution in [1.82, 2.24) is 15.6 Å². The van der Waals surface area contributed by atoms with Gasteiger partial charge in [0.05, 0.1) is 18.9 Å². The van der Waals surface area contributed by atoms with Crippen LogP contribution in [0, 0.1) is 0 Å². The van der Waals surface area contributed by atoms with Crippen LogP contribution in [0.5, 0.6) is 0 Å². The maximum Gasteiger partial charge on any atom is 0.191 e. The van der Waals surface area contributed by atoms with E-state index in [9.17, 15) is 4.39 Å². The molecule has 108 valence electrons. The lowest BCUT2D eigenvalue weighted by atomic mass is 10.2.